The molecule has 0 rings (SSSR count). The van der Waals surface area contributed by atoms with Crippen LogP contribution in [0.25, 0.3) is 0 Å². The van der Waals surface area contributed by atoms with E-state index in [1.54, 1.807) is 0 Å². The number of carbonyl (C=O) groups is 1. The van der Waals surface area contributed by atoms with E-state index in [4.69, 9.17) is 0 Å². The normalized spacial score (nSPS) is 13.5. The van der Waals surface area contributed by atoms with E-state index in [-0.39, 0.29) is 12.5 Å². The summed E-state index contributed by atoms with van der Waals surface area (Å²) in [5, 5.41) is 23.3. The van der Waals surface area contributed by atoms with E-state index in [1.807, 2.05) is 0 Å². The number of amides is 1. The third-order valence-corrected chi connectivity index (χ3v) is 12.7. The summed E-state index contributed by atoms with van der Waals surface area (Å²) in [4.78, 5) is 12.5. The van der Waals surface area contributed by atoms with E-state index in [1.165, 1.54) is 180 Å². The second-order valence-corrected chi connectivity index (χ2v) is 19.0. The number of allylic oxidation sites excluding steroid dienone is 14. The molecule has 4 heteroatoms. The van der Waals surface area contributed by atoms with E-state index in [9.17, 15) is 15.0 Å². The van der Waals surface area contributed by atoms with Crippen LogP contribution in [0.3, 0.4) is 0 Å². The Balaban J connectivity index is 3.47. The minimum absolute atomic E-state index is 0.0311. The predicted octanol–water partition coefficient (Wildman–Crippen LogP) is 18.8. The lowest BCUT2D eigenvalue weighted by molar-refractivity contribution is -0.123. The van der Waals surface area contributed by atoms with Gasteiger partial charge >= 0.3 is 0 Å². The molecule has 0 aromatic rings. The molecule has 2 atom stereocenters. The molecule has 65 heavy (non-hydrogen) atoms. The molecule has 0 saturated heterocycles. The van der Waals surface area contributed by atoms with Crippen LogP contribution in [0, 0.1) is 0 Å². The van der Waals surface area contributed by atoms with Crippen LogP contribution < -0.4 is 5.32 Å². The van der Waals surface area contributed by atoms with Crippen LogP contribution in [0.2, 0.25) is 0 Å². The average Bonchev–Trinajstić information content (AvgIpc) is 3.31. The lowest BCUT2D eigenvalue weighted by Crippen LogP contribution is -2.45. The van der Waals surface area contributed by atoms with Gasteiger partial charge < -0.3 is 15.5 Å². The number of aliphatic hydroxyl groups excluding tert-OH is 2. The van der Waals surface area contributed by atoms with E-state index < -0.39 is 12.1 Å². The standard InChI is InChI=1S/C61H109NO3/c1-3-5-7-9-11-13-15-17-19-20-21-22-23-24-25-26-27-28-29-30-31-32-33-34-35-36-37-38-39-40-41-42-43-45-47-49-51-53-55-57-61(65)62-59(58-63)60(64)56-54-52-50-48-46-44-18-16-14-12-10-8-6-4-2/h5,7,11,13,17,19,21-22,24-25,27-28,30-31,59-60,63-64H,3-4,6,8-10,12,14-16,18,20,23,26,29,32-58H2,1-2H3,(H,62,65)/b7-5-,13-11-,19-17-,22-21-,25-24-,28-27-,31-30-. The molecule has 4 nitrogen and oxygen atoms in total. The highest BCUT2D eigenvalue weighted by molar-refractivity contribution is 5.76. The highest BCUT2D eigenvalue weighted by Gasteiger charge is 2.20. The third kappa shape index (κ3) is 52.4. The van der Waals surface area contributed by atoms with E-state index >= 15 is 0 Å². The SMILES string of the molecule is CC/C=C\C/C=C\C/C=C\C/C=C\C/C=C\C/C=C\C/C=C\CCCCCCCCCCCCCCCCCCCC(=O)NC(CO)C(O)CCCCCCCCCCCCCCCC. The van der Waals surface area contributed by atoms with Crippen molar-refractivity contribution in [2.45, 2.75) is 289 Å². The van der Waals surface area contributed by atoms with Crippen molar-refractivity contribution in [3.8, 4) is 0 Å². The van der Waals surface area contributed by atoms with Crippen molar-refractivity contribution in [1.82, 2.24) is 5.32 Å². The van der Waals surface area contributed by atoms with Crippen molar-refractivity contribution in [3.05, 3.63) is 85.1 Å². The summed E-state index contributed by atoms with van der Waals surface area (Å²) in [5.74, 6) is -0.0311. The molecule has 2 unspecified atom stereocenters. The molecule has 0 saturated carbocycles. The molecular weight excluding hydrogens is 795 g/mol. The summed E-state index contributed by atoms with van der Waals surface area (Å²) in [5.41, 5.74) is 0. The Bertz CT molecular complexity index is 1160. The smallest absolute Gasteiger partial charge is 0.220 e. The highest BCUT2D eigenvalue weighted by atomic mass is 16.3. The van der Waals surface area contributed by atoms with Gasteiger partial charge in [0.25, 0.3) is 0 Å². The largest absolute Gasteiger partial charge is 0.394 e. The highest BCUT2D eigenvalue weighted by Crippen LogP contribution is 2.17. The second kappa shape index (κ2) is 55.9. The average molecular weight is 905 g/mol. The van der Waals surface area contributed by atoms with Gasteiger partial charge in [0.1, 0.15) is 0 Å². The van der Waals surface area contributed by atoms with Gasteiger partial charge in [0, 0.05) is 6.42 Å². The molecule has 1 amide bonds. The van der Waals surface area contributed by atoms with E-state index in [0.29, 0.717) is 12.8 Å². The molecule has 0 bridgehead atoms. The predicted molar refractivity (Wildman–Crippen MR) is 290 cm³/mol. The van der Waals surface area contributed by atoms with Crippen LogP contribution in [0.4, 0.5) is 0 Å². The Morgan fingerprint density at radius 1 is 0.385 bits per heavy atom. The number of carbonyl (C=O) groups excluding carboxylic acids is 1. The zero-order chi connectivity index (χ0) is 47.0. The van der Waals surface area contributed by atoms with Crippen LogP contribution in [-0.2, 0) is 4.79 Å². The number of hydrogen-bond donors (Lipinski definition) is 3. The van der Waals surface area contributed by atoms with E-state index in [0.717, 1.165) is 70.6 Å². The Morgan fingerprint density at radius 2 is 0.677 bits per heavy atom. The van der Waals surface area contributed by atoms with Gasteiger partial charge in [0.05, 0.1) is 18.8 Å². The summed E-state index contributed by atoms with van der Waals surface area (Å²) in [6, 6.07) is -0.538. The summed E-state index contributed by atoms with van der Waals surface area (Å²) in [6.07, 6.45) is 81.4. The molecular formula is C61H109NO3. The molecule has 0 spiro atoms. The first-order valence-corrected chi connectivity index (χ1v) is 28.3. The fraction of sp³-hybridized carbons (Fsp3) is 0.754. The zero-order valence-electron chi connectivity index (χ0n) is 43.2. The van der Waals surface area contributed by atoms with Gasteiger partial charge in [0.15, 0.2) is 0 Å². The Labute approximate surface area is 405 Å². The van der Waals surface area contributed by atoms with Crippen LogP contribution in [0.15, 0.2) is 85.1 Å². The summed E-state index contributed by atoms with van der Waals surface area (Å²) in [7, 11) is 0. The Morgan fingerprint density at radius 3 is 1.02 bits per heavy atom. The van der Waals surface area contributed by atoms with Gasteiger partial charge in [-0.05, 0) is 70.6 Å². The first kappa shape index (κ1) is 62.6. The second-order valence-electron chi connectivity index (χ2n) is 19.0. The molecule has 0 aliphatic carbocycles. The van der Waals surface area contributed by atoms with Gasteiger partial charge in [-0.3, -0.25) is 4.79 Å². The van der Waals surface area contributed by atoms with Crippen molar-refractivity contribution in [2.75, 3.05) is 6.61 Å². The molecule has 0 aliphatic heterocycles. The topological polar surface area (TPSA) is 69.6 Å². The number of aliphatic hydroxyl groups is 2. The molecule has 376 valence electrons. The monoisotopic (exact) mass is 904 g/mol. The number of unbranched alkanes of at least 4 members (excludes halogenated alkanes) is 30. The lowest BCUT2D eigenvalue weighted by atomic mass is 10.0. The van der Waals surface area contributed by atoms with Crippen molar-refractivity contribution >= 4 is 5.91 Å². The van der Waals surface area contributed by atoms with Crippen molar-refractivity contribution in [1.29, 1.82) is 0 Å². The van der Waals surface area contributed by atoms with Crippen LogP contribution in [-0.4, -0.2) is 34.9 Å². The third-order valence-electron chi connectivity index (χ3n) is 12.7. The first-order valence-electron chi connectivity index (χ1n) is 28.3. The Kier molecular flexibility index (Phi) is 53.8. The van der Waals surface area contributed by atoms with Crippen molar-refractivity contribution < 1.29 is 15.0 Å². The molecule has 0 aliphatic rings. The minimum atomic E-state index is -0.661. The van der Waals surface area contributed by atoms with Gasteiger partial charge in [-0.1, -0.05) is 285 Å². The summed E-state index contributed by atoms with van der Waals surface area (Å²) in [6.45, 7) is 4.25. The fourth-order valence-electron chi connectivity index (χ4n) is 8.40. The zero-order valence-corrected chi connectivity index (χ0v) is 43.2. The van der Waals surface area contributed by atoms with Gasteiger partial charge in [-0.15, -0.1) is 0 Å². The number of nitrogens with one attached hydrogen (secondary N) is 1. The minimum Gasteiger partial charge on any atom is -0.394 e. The fourth-order valence-corrected chi connectivity index (χ4v) is 8.40. The van der Waals surface area contributed by atoms with Crippen LogP contribution in [0.1, 0.15) is 277 Å². The molecule has 0 fully saturated rings. The van der Waals surface area contributed by atoms with Crippen molar-refractivity contribution in [2.24, 2.45) is 0 Å². The van der Waals surface area contributed by atoms with E-state index in [2.05, 4.69) is 104 Å². The molecule has 0 aromatic carbocycles. The summed E-state index contributed by atoms with van der Waals surface area (Å²) >= 11 is 0. The molecule has 0 aromatic heterocycles. The quantitative estimate of drug-likeness (QED) is 0.0421. The maximum atomic E-state index is 12.5. The molecule has 0 radical (unpaired) electrons. The molecule has 0 heterocycles. The van der Waals surface area contributed by atoms with Gasteiger partial charge in [-0.2, -0.15) is 0 Å². The van der Waals surface area contributed by atoms with Gasteiger partial charge in [-0.25, -0.2) is 0 Å². The number of rotatable bonds is 51. The number of hydrogen-bond acceptors (Lipinski definition) is 3. The van der Waals surface area contributed by atoms with Crippen molar-refractivity contribution in [3.63, 3.8) is 0 Å². The maximum Gasteiger partial charge on any atom is 0.220 e. The van der Waals surface area contributed by atoms with Gasteiger partial charge in [0.2, 0.25) is 5.91 Å². The molecule has 3 N–H and O–H groups in total. The summed E-state index contributed by atoms with van der Waals surface area (Å²) < 4.78 is 0. The van der Waals surface area contributed by atoms with Crippen LogP contribution in [0.5, 0.6) is 0 Å². The Hall–Kier alpha value is -2.43. The first-order chi connectivity index (χ1) is 32.2. The lowest BCUT2D eigenvalue weighted by Gasteiger charge is -2.22. The van der Waals surface area contributed by atoms with Crippen LogP contribution >= 0.6 is 0 Å². The maximum absolute atomic E-state index is 12.5.